The number of carbonyl (C=O) groups is 2. The highest BCUT2D eigenvalue weighted by molar-refractivity contribution is 6.01. The lowest BCUT2D eigenvalue weighted by molar-refractivity contribution is -0.384. The highest BCUT2D eigenvalue weighted by atomic mass is 16.6. The Balaban J connectivity index is 1.72. The van der Waals surface area contributed by atoms with Crippen molar-refractivity contribution in [1.29, 1.82) is 0 Å². The van der Waals surface area contributed by atoms with E-state index in [1.165, 1.54) is 23.5 Å². The van der Waals surface area contributed by atoms with Gasteiger partial charge in [-0.05, 0) is 30.9 Å². The molecule has 0 aromatic heterocycles. The van der Waals surface area contributed by atoms with Crippen LogP contribution in [0.5, 0.6) is 0 Å². The third kappa shape index (κ3) is 3.55. The lowest BCUT2D eigenvalue weighted by atomic mass is 9.95. The summed E-state index contributed by atoms with van der Waals surface area (Å²) in [6.45, 7) is -0.0276. The Morgan fingerprint density at radius 3 is 2.71 bits per heavy atom. The Morgan fingerprint density at radius 2 is 2.00 bits per heavy atom. The lowest BCUT2D eigenvalue weighted by Crippen LogP contribution is -2.46. The van der Waals surface area contributed by atoms with E-state index in [1.807, 2.05) is 0 Å². The van der Waals surface area contributed by atoms with Crippen molar-refractivity contribution in [3.05, 3.63) is 33.9 Å². The molecule has 1 aliphatic heterocycles. The van der Waals surface area contributed by atoms with Crippen LogP contribution in [0.15, 0.2) is 18.2 Å². The van der Waals surface area contributed by atoms with Gasteiger partial charge in [-0.25, -0.2) is 0 Å². The van der Waals surface area contributed by atoms with Gasteiger partial charge in [-0.3, -0.25) is 19.7 Å². The zero-order chi connectivity index (χ0) is 17.1. The number of hydrogen-bond acceptors (Lipinski definition) is 4. The fourth-order valence-electron chi connectivity index (χ4n) is 3.50. The minimum atomic E-state index is -0.448. The Kier molecular flexibility index (Phi) is 4.78. The summed E-state index contributed by atoms with van der Waals surface area (Å²) in [5, 5.41) is 13.9. The number of nitrogens with zero attached hydrogens (tertiary/aromatic N) is 2. The number of nitro groups is 1. The monoisotopic (exact) mass is 331 g/mol. The standard InChI is InChI=1S/C17H21N3O4/c21-16(18-13-4-2-1-3-5-13)11-19-15-8-7-14(20(23)24)10-12(15)6-9-17(19)22/h7-8,10,13H,1-6,9,11H2,(H,18,21). The van der Waals surface area contributed by atoms with E-state index in [1.54, 1.807) is 6.07 Å². The van der Waals surface area contributed by atoms with E-state index < -0.39 is 4.92 Å². The second kappa shape index (κ2) is 6.98. The van der Waals surface area contributed by atoms with E-state index >= 15 is 0 Å². The summed E-state index contributed by atoms with van der Waals surface area (Å²) in [4.78, 5) is 36.4. The Morgan fingerprint density at radius 1 is 1.25 bits per heavy atom. The Bertz CT molecular complexity index is 668. The number of nitro benzene ring substituents is 1. The molecule has 1 fully saturated rings. The van der Waals surface area contributed by atoms with Gasteiger partial charge in [0.1, 0.15) is 6.54 Å². The third-order valence-electron chi connectivity index (χ3n) is 4.75. The van der Waals surface area contributed by atoms with Crippen molar-refractivity contribution < 1.29 is 14.5 Å². The van der Waals surface area contributed by atoms with Crippen LogP contribution in [0.2, 0.25) is 0 Å². The number of fused-ring (bicyclic) bond motifs is 1. The molecule has 1 saturated carbocycles. The van der Waals surface area contributed by atoms with Crippen LogP contribution < -0.4 is 10.2 Å². The molecule has 0 atom stereocenters. The third-order valence-corrected chi connectivity index (χ3v) is 4.75. The Labute approximate surface area is 140 Å². The van der Waals surface area contributed by atoms with E-state index in [2.05, 4.69) is 5.32 Å². The number of rotatable bonds is 4. The largest absolute Gasteiger partial charge is 0.352 e. The molecule has 1 aromatic carbocycles. The number of benzene rings is 1. The minimum absolute atomic E-state index is 0.00899. The molecule has 2 aliphatic rings. The summed E-state index contributed by atoms with van der Waals surface area (Å²) in [6.07, 6.45) is 6.18. The zero-order valence-electron chi connectivity index (χ0n) is 13.5. The molecular weight excluding hydrogens is 310 g/mol. The molecule has 1 aliphatic carbocycles. The van der Waals surface area contributed by atoms with Gasteiger partial charge < -0.3 is 10.2 Å². The fourth-order valence-corrected chi connectivity index (χ4v) is 3.50. The molecule has 7 nitrogen and oxygen atoms in total. The molecule has 0 saturated heterocycles. The molecule has 1 heterocycles. The first kappa shape index (κ1) is 16.4. The lowest BCUT2D eigenvalue weighted by Gasteiger charge is -2.30. The SMILES string of the molecule is O=C(CN1C(=O)CCc2cc([N+](=O)[O-])ccc21)NC1CCCCC1. The van der Waals surface area contributed by atoms with Gasteiger partial charge >= 0.3 is 0 Å². The first-order chi connectivity index (χ1) is 11.5. The summed E-state index contributed by atoms with van der Waals surface area (Å²) < 4.78 is 0. The zero-order valence-corrected chi connectivity index (χ0v) is 13.5. The molecule has 1 N–H and O–H groups in total. The second-order valence-electron chi connectivity index (χ2n) is 6.45. The van der Waals surface area contributed by atoms with Gasteiger partial charge in [0, 0.05) is 30.3 Å². The molecule has 0 radical (unpaired) electrons. The normalized spacial score (nSPS) is 18.2. The number of carbonyl (C=O) groups excluding carboxylic acids is 2. The number of non-ortho nitro benzene ring substituents is 1. The maximum Gasteiger partial charge on any atom is 0.269 e. The number of nitrogens with one attached hydrogen (secondary N) is 1. The molecule has 24 heavy (non-hydrogen) atoms. The van der Waals surface area contributed by atoms with Crippen molar-refractivity contribution in [3.63, 3.8) is 0 Å². The second-order valence-corrected chi connectivity index (χ2v) is 6.45. The van der Waals surface area contributed by atoms with Gasteiger partial charge in [0.05, 0.1) is 4.92 Å². The quantitative estimate of drug-likeness (QED) is 0.677. The number of anilines is 1. The summed E-state index contributed by atoms with van der Waals surface area (Å²) in [7, 11) is 0. The topological polar surface area (TPSA) is 92.5 Å². The summed E-state index contributed by atoms with van der Waals surface area (Å²) >= 11 is 0. The minimum Gasteiger partial charge on any atom is -0.352 e. The summed E-state index contributed by atoms with van der Waals surface area (Å²) in [6, 6.07) is 4.64. The molecule has 2 amide bonds. The first-order valence-corrected chi connectivity index (χ1v) is 8.41. The molecule has 0 unspecified atom stereocenters. The molecular formula is C17H21N3O4. The fraction of sp³-hybridized carbons (Fsp3) is 0.529. The van der Waals surface area contributed by atoms with Crippen LogP contribution in [0.25, 0.3) is 0 Å². The van der Waals surface area contributed by atoms with Crippen LogP contribution in [0.4, 0.5) is 11.4 Å². The van der Waals surface area contributed by atoms with Crippen molar-refractivity contribution in [2.45, 2.75) is 51.0 Å². The van der Waals surface area contributed by atoms with Gasteiger partial charge in [-0.1, -0.05) is 19.3 Å². The van der Waals surface area contributed by atoms with Crippen molar-refractivity contribution in [1.82, 2.24) is 5.32 Å². The molecule has 0 spiro atoms. The summed E-state index contributed by atoms with van der Waals surface area (Å²) in [5.41, 5.74) is 1.36. The van der Waals surface area contributed by atoms with Crippen LogP contribution in [0.3, 0.4) is 0 Å². The number of amides is 2. The molecule has 7 heteroatoms. The van der Waals surface area contributed by atoms with Gasteiger partial charge in [0.25, 0.3) is 5.69 Å². The summed E-state index contributed by atoms with van der Waals surface area (Å²) in [5.74, 6) is -0.281. The van der Waals surface area contributed by atoms with Crippen LogP contribution in [0.1, 0.15) is 44.1 Å². The van der Waals surface area contributed by atoms with Gasteiger partial charge in [0.15, 0.2) is 0 Å². The maximum absolute atomic E-state index is 12.3. The average Bonchev–Trinajstić information content (AvgIpc) is 2.58. The number of aryl methyl sites for hydroxylation is 1. The molecule has 0 bridgehead atoms. The van der Waals surface area contributed by atoms with E-state index in [0.29, 0.717) is 12.1 Å². The number of hydrogen-bond donors (Lipinski definition) is 1. The predicted molar refractivity (Wildman–Crippen MR) is 88.8 cm³/mol. The van der Waals surface area contributed by atoms with Crippen LogP contribution >= 0.6 is 0 Å². The van der Waals surface area contributed by atoms with Crippen molar-refractivity contribution in [2.75, 3.05) is 11.4 Å². The highest BCUT2D eigenvalue weighted by Crippen LogP contribution is 2.31. The van der Waals surface area contributed by atoms with Crippen molar-refractivity contribution >= 4 is 23.2 Å². The maximum atomic E-state index is 12.3. The van der Waals surface area contributed by atoms with Crippen LogP contribution in [-0.4, -0.2) is 29.3 Å². The van der Waals surface area contributed by atoms with Gasteiger partial charge in [0.2, 0.25) is 11.8 Å². The van der Waals surface area contributed by atoms with Crippen molar-refractivity contribution in [3.8, 4) is 0 Å². The first-order valence-electron chi connectivity index (χ1n) is 8.41. The molecule has 128 valence electrons. The highest BCUT2D eigenvalue weighted by Gasteiger charge is 2.28. The molecule has 1 aromatic rings. The van der Waals surface area contributed by atoms with E-state index in [4.69, 9.17) is 0 Å². The Hall–Kier alpha value is -2.44. The van der Waals surface area contributed by atoms with E-state index in [0.717, 1.165) is 31.2 Å². The van der Waals surface area contributed by atoms with E-state index in [-0.39, 0.29) is 36.5 Å². The van der Waals surface area contributed by atoms with Gasteiger partial charge in [-0.2, -0.15) is 0 Å². The van der Waals surface area contributed by atoms with E-state index in [9.17, 15) is 19.7 Å². The van der Waals surface area contributed by atoms with Crippen LogP contribution in [-0.2, 0) is 16.0 Å². The smallest absolute Gasteiger partial charge is 0.269 e. The van der Waals surface area contributed by atoms with Crippen molar-refractivity contribution in [2.24, 2.45) is 0 Å². The predicted octanol–water partition coefficient (Wildman–Crippen LogP) is 2.32. The molecule has 3 rings (SSSR count). The van der Waals surface area contributed by atoms with Gasteiger partial charge in [-0.15, -0.1) is 0 Å². The van der Waals surface area contributed by atoms with Crippen LogP contribution in [0, 0.1) is 10.1 Å². The average molecular weight is 331 g/mol.